The lowest BCUT2D eigenvalue weighted by atomic mass is 10.1. The van der Waals surface area contributed by atoms with E-state index in [4.69, 9.17) is 9.47 Å². The summed E-state index contributed by atoms with van der Waals surface area (Å²) in [4.78, 5) is 32.4. The minimum absolute atomic E-state index is 0.0707. The van der Waals surface area contributed by atoms with Crippen LogP contribution in [0, 0.1) is 13.8 Å². The van der Waals surface area contributed by atoms with E-state index in [1.165, 1.54) is 11.8 Å². The average Bonchev–Trinajstić information content (AvgIpc) is 3.17. The molecule has 0 saturated carbocycles. The minimum atomic E-state index is -0.247. The third kappa shape index (κ3) is 5.78. The number of para-hydroxylation sites is 2. The van der Waals surface area contributed by atoms with Gasteiger partial charge in [0.05, 0.1) is 31.3 Å². The van der Waals surface area contributed by atoms with Gasteiger partial charge in [-0.1, -0.05) is 42.1 Å². The molecule has 1 aliphatic rings. The van der Waals surface area contributed by atoms with Gasteiger partial charge in [0.15, 0.2) is 5.17 Å². The molecule has 1 aliphatic heterocycles. The number of benzene rings is 3. The molecule has 0 spiro atoms. The van der Waals surface area contributed by atoms with E-state index in [1.54, 1.807) is 37.3 Å². The van der Waals surface area contributed by atoms with E-state index in [9.17, 15) is 9.59 Å². The first kappa shape index (κ1) is 25.1. The van der Waals surface area contributed by atoms with Crippen molar-refractivity contribution in [2.45, 2.75) is 13.8 Å². The summed E-state index contributed by atoms with van der Waals surface area (Å²) in [6.07, 6.45) is 1.74. The first-order valence-electron chi connectivity index (χ1n) is 11.3. The number of hydrogen-bond acceptors (Lipinski definition) is 6. The summed E-state index contributed by atoms with van der Waals surface area (Å²) in [5.74, 6) is 0.899. The van der Waals surface area contributed by atoms with Gasteiger partial charge in [-0.15, -0.1) is 0 Å². The van der Waals surface area contributed by atoms with Gasteiger partial charge >= 0.3 is 0 Å². The number of nitrogens with zero attached hydrogens (tertiary/aromatic N) is 2. The third-order valence-electron chi connectivity index (χ3n) is 5.43. The Bertz CT molecular complexity index is 1330. The Labute approximate surface area is 214 Å². The van der Waals surface area contributed by atoms with Crippen molar-refractivity contribution in [1.29, 1.82) is 0 Å². The van der Waals surface area contributed by atoms with Crippen LogP contribution in [0.25, 0.3) is 6.08 Å². The number of anilines is 2. The Hall–Kier alpha value is -4.04. The lowest BCUT2D eigenvalue weighted by Gasteiger charge is -2.19. The number of carbonyl (C=O) groups is 2. The zero-order chi connectivity index (χ0) is 25.7. The topological polar surface area (TPSA) is 80.2 Å². The number of nitrogens with one attached hydrogen (secondary N) is 1. The van der Waals surface area contributed by atoms with E-state index in [-0.39, 0.29) is 17.6 Å². The minimum Gasteiger partial charge on any atom is -0.497 e. The Balaban J connectivity index is 1.60. The maximum Gasteiger partial charge on any atom is 0.283 e. The summed E-state index contributed by atoms with van der Waals surface area (Å²) in [7, 11) is 3.16. The number of aliphatic imine (C=N–C) groups is 1. The van der Waals surface area contributed by atoms with Gasteiger partial charge in [0.2, 0.25) is 5.91 Å². The molecule has 7 nitrogen and oxygen atoms in total. The van der Waals surface area contributed by atoms with Gasteiger partial charge in [0.25, 0.3) is 5.91 Å². The van der Waals surface area contributed by atoms with Crippen LogP contribution >= 0.6 is 11.8 Å². The summed E-state index contributed by atoms with van der Waals surface area (Å²) in [5.41, 5.74) is 4.48. The van der Waals surface area contributed by atoms with E-state index < -0.39 is 0 Å². The van der Waals surface area contributed by atoms with Crippen molar-refractivity contribution in [2.75, 3.05) is 30.2 Å². The number of aryl methyl sites for hydroxylation is 2. The standard InChI is InChI=1S/C28H27N3O4S/c1-18-13-19(2)15-21(14-18)31-27(33)24(16-20-9-11-22(34-3)12-10-20)30-28(31)36-17-26(32)29-23-7-5-6-8-25(23)35-4/h5-16H,17H2,1-4H3,(H,29,32)/b24-16+. The van der Waals surface area contributed by atoms with Crippen LogP contribution in [0.15, 0.2) is 77.4 Å². The predicted molar refractivity (Wildman–Crippen MR) is 146 cm³/mol. The fraction of sp³-hybridized carbons (Fsp3) is 0.179. The fourth-order valence-electron chi connectivity index (χ4n) is 3.82. The molecule has 184 valence electrons. The molecule has 0 aromatic heterocycles. The molecule has 2 amide bonds. The third-order valence-corrected chi connectivity index (χ3v) is 6.37. The normalized spacial score (nSPS) is 14.1. The molecular weight excluding hydrogens is 474 g/mol. The Morgan fingerprint density at radius 2 is 1.69 bits per heavy atom. The molecule has 0 radical (unpaired) electrons. The highest BCUT2D eigenvalue weighted by Gasteiger charge is 2.32. The molecule has 1 heterocycles. The molecule has 1 N–H and O–H groups in total. The van der Waals surface area contributed by atoms with Crippen molar-refractivity contribution in [3.05, 3.63) is 89.1 Å². The maximum absolute atomic E-state index is 13.5. The molecule has 3 aromatic rings. The van der Waals surface area contributed by atoms with Crippen molar-refractivity contribution in [1.82, 2.24) is 0 Å². The van der Waals surface area contributed by atoms with Crippen molar-refractivity contribution in [2.24, 2.45) is 4.99 Å². The van der Waals surface area contributed by atoms with Crippen molar-refractivity contribution in [3.8, 4) is 11.5 Å². The molecule has 0 unspecified atom stereocenters. The van der Waals surface area contributed by atoms with Crippen LogP contribution in [0.2, 0.25) is 0 Å². The van der Waals surface area contributed by atoms with Crippen LogP contribution in [0.4, 0.5) is 11.4 Å². The van der Waals surface area contributed by atoms with Gasteiger partial charge in [-0.2, -0.15) is 0 Å². The number of amides is 2. The first-order valence-corrected chi connectivity index (χ1v) is 12.3. The summed E-state index contributed by atoms with van der Waals surface area (Å²) in [6, 6.07) is 20.5. The number of carbonyl (C=O) groups excluding carboxylic acids is 2. The lowest BCUT2D eigenvalue weighted by molar-refractivity contribution is -0.114. The number of hydrogen-bond donors (Lipinski definition) is 1. The lowest BCUT2D eigenvalue weighted by Crippen LogP contribution is -2.31. The predicted octanol–water partition coefficient (Wildman–Crippen LogP) is 5.44. The maximum atomic E-state index is 13.5. The first-order chi connectivity index (χ1) is 17.4. The molecule has 3 aromatic carbocycles. The quantitative estimate of drug-likeness (QED) is 0.436. The largest absolute Gasteiger partial charge is 0.497 e. The fourth-order valence-corrected chi connectivity index (χ4v) is 4.64. The smallest absolute Gasteiger partial charge is 0.283 e. The molecular formula is C28H27N3O4S. The average molecular weight is 502 g/mol. The second kappa shape index (κ2) is 11.1. The Kier molecular flexibility index (Phi) is 7.75. The zero-order valence-electron chi connectivity index (χ0n) is 20.6. The number of thioether (sulfide) groups is 1. The molecule has 0 fully saturated rings. The Morgan fingerprint density at radius 1 is 1.00 bits per heavy atom. The van der Waals surface area contributed by atoms with E-state index in [0.29, 0.717) is 28.0 Å². The van der Waals surface area contributed by atoms with Crippen LogP contribution in [0.5, 0.6) is 11.5 Å². The van der Waals surface area contributed by atoms with Gasteiger partial charge < -0.3 is 14.8 Å². The highest BCUT2D eigenvalue weighted by molar-refractivity contribution is 8.14. The van der Waals surface area contributed by atoms with Gasteiger partial charge in [0, 0.05) is 0 Å². The number of ether oxygens (including phenoxy) is 2. The molecule has 0 aliphatic carbocycles. The van der Waals surface area contributed by atoms with Gasteiger partial charge in [0.1, 0.15) is 17.2 Å². The second-order valence-electron chi connectivity index (χ2n) is 8.22. The summed E-state index contributed by atoms with van der Waals surface area (Å²) >= 11 is 1.21. The molecule has 0 atom stereocenters. The van der Waals surface area contributed by atoms with Crippen LogP contribution in [-0.2, 0) is 9.59 Å². The van der Waals surface area contributed by atoms with E-state index in [2.05, 4.69) is 10.3 Å². The van der Waals surface area contributed by atoms with Crippen molar-refractivity contribution < 1.29 is 19.1 Å². The second-order valence-corrected chi connectivity index (χ2v) is 9.16. The van der Waals surface area contributed by atoms with Crippen LogP contribution in [0.3, 0.4) is 0 Å². The SMILES string of the molecule is COc1ccc(/C=C2/N=C(SCC(=O)Nc3ccccc3OC)N(c3cc(C)cc(C)c3)C2=O)cc1. The van der Waals surface area contributed by atoms with Crippen molar-refractivity contribution >= 4 is 46.2 Å². The highest BCUT2D eigenvalue weighted by Crippen LogP contribution is 2.31. The van der Waals surface area contributed by atoms with E-state index in [1.807, 2.05) is 68.4 Å². The van der Waals surface area contributed by atoms with Gasteiger partial charge in [-0.3, -0.25) is 14.5 Å². The van der Waals surface area contributed by atoms with E-state index in [0.717, 1.165) is 22.4 Å². The number of rotatable bonds is 7. The molecule has 0 saturated heterocycles. The number of amidine groups is 1. The summed E-state index contributed by atoms with van der Waals surface area (Å²) < 4.78 is 10.5. The van der Waals surface area contributed by atoms with Crippen LogP contribution < -0.4 is 19.7 Å². The monoisotopic (exact) mass is 501 g/mol. The number of methoxy groups -OCH3 is 2. The molecule has 36 heavy (non-hydrogen) atoms. The summed E-state index contributed by atoms with van der Waals surface area (Å²) in [6.45, 7) is 3.96. The van der Waals surface area contributed by atoms with Gasteiger partial charge in [-0.25, -0.2) is 4.99 Å². The Morgan fingerprint density at radius 3 is 2.36 bits per heavy atom. The van der Waals surface area contributed by atoms with Gasteiger partial charge in [-0.05, 0) is 73.0 Å². The highest BCUT2D eigenvalue weighted by atomic mass is 32.2. The molecule has 8 heteroatoms. The summed E-state index contributed by atoms with van der Waals surface area (Å²) in [5, 5.41) is 3.31. The van der Waals surface area contributed by atoms with E-state index >= 15 is 0 Å². The van der Waals surface area contributed by atoms with Crippen molar-refractivity contribution in [3.63, 3.8) is 0 Å². The zero-order valence-corrected chi connectivity index (χ0v) is 21.4. The molecule has 4 rings (SSSR count). The van der Waals surface area contributed by atoms with Crippen LogP contribution in [0.1, 0.15) is 16.7 Å². The van der Waals surface area contributed by atoms with Crippen LogP contribution in [-0.4, -0.2) is 37.0 Å². The molecule has 0 bridgehead atoms.